The van der Waals surface area contributed by atoms with Gasteiger partial charge in [-0.25, -0.2) is 0 Å². The van der Waals surface area contributed by atoms with E-state index in [0.717, 1.165) is 5.69 Å². The monoisotopic (exact) mass is 228 g/mol. The molecule has 1 N–H and O–H groups in total. The zero-order valence-electron chi connectivity index (χ0n) is 9.24. The molecule has 0 spiro atoms. The zero-order chi connectivity index (χ0) is 11.4. The van der Waals surface area contributed by atoms with Crippen molar-refractivity contribution in [2.75, 3.05) is 6.61 Å². The molecule has 0 fully saturated rings. The number of imidazole rings is 1. The molecule has 0 unspecified atom stereocenters. The van der Waals surface area contributed by atoms with Gasteiger partial charge in [-0.1, -0.05) is 13.8 Å². The minimum Gasteiger partial charge on any atom is -0.465 e. The summed E-state index contributed by atoms with van der Waals surface area (Å²) in [6, 6.07) is 0. The number of carbonyl (C=O) groups excluding carboxylic acids is 1. The first-order valence-corrected chi connectivity index (χ1v) is 5.40. The van der Waals surface area contributed by atoms with Crippen molar-refractivity contribution < 1.29 is 9.53 Å². The predicted octanol–water partition coefficient (Wildman–Crippen LogP) is 2.23. The summed E-state index contributed by atoms with van der Waals surface area (Å²) in [6.07, 6.45) is 1.84. The van der Waals surface area contributed by atoms with Crippen LogP contribution in [0.15, 0.2) is 6.20 Å². The molecular formula is C10H16N2O2S. The maximum absolute atomic E-state index is 11.3. The van der Waals surface area contributed by atoms with Gasteiger partial charge >= 0.3 is 5.97 Å². The van der Waals surface area contributed by atoms with Gasteiger partial charge in [-0.15, -0.1) is 0 Å². The van der Waals surface area contributed by atoms with Crippen molar-refractivity contribution in [3.63, 3.8) is 0 Å². The van der Waals surface area contributed by atoms with Gasteiger partial charge in [0, 0.05) is 11.9 Å². The number of esters is 1. The van der Waals surface area contributed by atoms with Crippen LogP contribution >= 0.6 is 12.2 Å². The van der Waals surface area contributed by atoms with E-state index in [-0.39, 0.29) is 12.5 Å². The predicted molar refractivity (Wildman–Crippen MR) is 60.3 cm³/mol. The molecule has 0 aliphatic carbocycles. The number of hydrogen-bond acceptors (Lipinski definition) is 3. The molecule has 0 aliphatic rings. The second-order valence-electron chi connectivity index (χ2n) is 3.56. The Bertz CT molecular complexity index is 392. The van der Waals surface area contributed by atoms with Crippen LogP contribution in [0.25, 0.3) is 0 Å². The average molecular weight is 228 g/mol. The highest BCUT2D eigenvalue weighted by Gasteiger charge is 2.11. The SMILES string of the molecule is CCOC(=O)Cn1c(C(C)C)c[nH]c1=S. The molecule has 15 heavy (non-hydrogen) atoms. The van der Waals surface area contributed by atoms with Gasteiger partial charge in [-0.2, -0.15) is 0 Å². The molecule has 0 aromatic carbocycles. The topological polar surface area (TPSA) is 47.0 Å². The Morgan fingerprint density at radius 1 is 1.67 bits per heavy atom. The van der Waals surface area contributed by atoms with Gasteiger partial charge in [0.05, 0.1) is 6.61 Å². The van der Waals surface area contributed by atoms with Gasteiger partial charge in [0.1, 0.15) is 6.54 Å². The van der Waals surface area contributed by atoms with Crippen molar-refractivity contribution in [1.82, 2.24) is 9.55 Å². The summed E-state index contributed by atoms with van der Waals surface area (Å²) >= 11 is 5.09. The van der Waals surface area contributed by atoms with E-state index in [1.807, 2.05) is 6.20 Å². The van der Waals surface area contributed by atoms with Crippen molar-refractivity contribution in [1.29, 1.82) is 0 Å². The van der Waals surface area contributed by atoms with E-state index in [1.54, 1.807) is 11.5 Å². The van der Waals surface area contributed by atoms with Crippen LogP contribution in [0.3, 0.4) is 0 Å². The zero-order valence-corrected chi connectivity index (χ0v) is 10.1. The molecule has 0 radical (unpaired) electrons. The minimum atomic E-state index is -0.255. The first-order valence-electron chi connectivity index (χ1n) is 5.00. The normalized spacial score (nSPS) is 10.7. The maximum atomic E-state index is 11.3. The van der Waals surface area contributed by atoms with E-state index in [0.29, 0.717) is 17.3 Å². The molecule has 4 nitrogen and oxygen atoms in total. The Morgan fingerprint density at radius 3 is 2.87 bits per heavy atom. The Morgan fingerprint density at radius 2 is 2.33 bits per heavy atom. The second-order valence-corrected chi connectivity index (χ2v) is 3.95. The van der Waals surface area contributed by atoms with Crippen LogP contribution in [-0.4, -0.2) is 22.1 Å². The number of nitrogens with one attached hydrogen (secondary N) is 1. The van der Waals surface area contributed by atoms with Crippen molar-refractivity contribution in [3.8, 4) is 0 Å². The van der Waals surface area contributed by atoms with Crippen LogP contribution in [0, 0.1) is 4.77 Å². The van der Waals surface area contributed by atoms with Crippen LogP contribution in [0.1, 0.15) is 32.4 Å². The summed E-state index contributed by atoms with van der Waals surface area (Å²) in [5.74, 6) is 0.0717. The first kappa shape index (κ1) is 12.0. The lowest BCUT2D eigenvalue weighted by atomic mass is 10.1. The summed E-state index contributed by atoms with van der Waals surface area (Å²) in [5, 5.41) is 0. The van der Waals surface area contributed by atoms with Gasteiger partial charge in [-0.05, 0) is 25.1 Å². The molecule has 1 rings (SSSR count). The number of H-pyrrole nitrogens is 1. The molecular weight excluding hydrogens is 212 g/mol. The van der Waals surface area contributed by atoms with Gasteiger partial charge < -0.3 is 14.3 Å². The lowest BCUT2D eigenvalue weighted by Gasteiger charge is -2.09. The van der Waals surface area contributed by atoms with E-state index in [1.165, 1.54) is 0 Å². The third kappa shape index (κ3) is 2.92. The van der Waals surface area contributed by atoms with Crippen LogP contribution in [0.5, 0.6) is 0 Å². The largest absolute Gasteiger partial charge is 0.465 e. The number of ether oxygens (including phenoxy) is 1. The molecule has 0 saturated carbocycles. The smallest absolute Gasteiger partial charge is 0.326 e. The highest BCUT2D eigenvalue weighted by atomic mass is 32.1. The molecule has 0 bridgehead atoms. The van der Waals surface area contributed by atoms with Gasteiger partial charge in [-0.3, -0.25) is 4.79 Å². The number of aromatic nitrogens is 2. The van der Waals surface area contributed by atoms with Crippen molar-refractivity contribution >= 4 is 18.2 Å². The van der Waals surface area contributed by atoms with Gasteiger partial charge in [0.2, 0.25) is 0 Å². The number of hydrogen-bond donors (Lipinski definition) is 1. The minimum absolute atomic E-state index is 0.184. The van der Waals surface area contributed by atoms with Crippen LogP contribution in [-0.2, 0) is 16.1 Å². The fraction of sp³-hybridized carbons (Fsp3) is 0.600. The Labute approximate surface area is 94.3 Å². The average Bonchev–Trinajstić information content (AvgIpc) is 2.48. The first-order chi connectivity index (χ1) is 7.06. The quantitative estimate of drug-likeness (QED) is 0.635. The third-order valence-corrected chi connectivity index (χ3v) is 2.42. The summed E-state index contributed by atoms with van der Waals surface area (Å²) in [6.45, 7) is 6.48. The van der Waals surface area contributed by atoms with Crippen molar-refractivity contribution in [2.45, 2.75) is 33.2 Å². The van der Waals surface area contributed by atoms with Crippen molar-refractivity contribution in [2.24, 2.45) is 0 Å². The van der Waals surface area contributed by atoms with Gasteiger partial charge in [0.25, 0.3) is 0 Å². The molecule has 84 valence electrons. The molecule has 0 aliphatic heterocycles. The molecule has 1 aromatic rings. The molecule has 5 heteroatoms. The number of carbonyl (C=O) groups is 1. The molecule has 0 atom stereocenters. The highest BCUT2D eigenvalue weighted by molar-refractivity contribution is 7.71. The highest BCUT2D eigenvalue weighted by Crippen LogP contribution is 2.14. The van der Waals surface area contributed by atoms with E-state index < -0.39 is 0 Å². The number of rotatable bonds is 4. The van der Waals surface area contributed by atoms with Crippen LogP contribution in [0.4, 0.5) is 0 Å². The fourth-order valence-corrected chi connectivity index (χ4v) is 1.61. The summed E-state index contributed by atoms with van der Waals surface area (Å²) in [5.41, 5.74) is 1.02. The maximum Gasteiger partial charge on any atom is 0.326 e. The number of nitrogens with zero attached hydrogens (tertiary/aromatic N) is 1. The molecule has 1 aromatic heterocycles. The van der Waals surface area contributed by atoms with Crippen LogP contribution in [0.2, 0.25) is 0 Å². The summed E-state index contributed by atoms with van der Waals surface area (Å²) in [4.78, 5) is 14.3. The number of aromatic amines is 1. The standard InChI is InChI=1S/C10H16N2O2S/c1-4-14-9(13)6-12-8(7(2)3)5-11-10(12)15/h5,7H,4,6H2,1-3H3,(H,11,15). The van der Waals surface area contributed by atoms with E-state index in [4.69, 9.17) is 17.0 Å². The Kier molecular flexibility index (Phi) is 4.08. The van der Waals surface area contributed by atoms with Crippen molar-refractivity contribution in [3.05, 3.63) is 16.7 Å². The van der Waals surface area contributed by atoms with Gasteiger partial charge in [0.15, 0.2) is 4.77 Å². The van der Waals surface area contributed by atoms with Crippen LogP contribution < -0.4 is 0 Å². The Hall–Kier alpha value is -1.10. The molecule has 1 heterocycles. The fourth-order valence-electron chi connectivity index (χ4n) is 1.39. The lowest BCUT2D eigenvalue weighted by molar-refractivity contribution is -0.143. The Balaban J connectivity index is 2.88. The molecule has 0 amide bonds. The molecule has 0 saturated heterocycles. The second kappa shape index (κ2) is 5.11. The van der Waals surface area contributed by atoms with E-state index in [9.17, 15) is 4.79 Å². The van der Waals surface area contributed by atoms with E-state index in [2.05, 4.69) is 18.8 Å². The third-order valence-electron chi connectivity index (χ3n) is 2.08. The van der Waals surface area contributed by atoms with E-state index >= 15 is 0 Å². The summed E-state index contributed by atoms with van der Waals surface area (Å²) < 4.78 is 7.22. The summed E-state index contributed by atoms with van der Waals surface area (Å²) in [7, 11) is 0. The lowest BCUT2D eigenvalue weighted by Crippen LogP contribution is -2.15.